The number of hydrogen-bond acceptors (Lipinski definition) is 2. The van der Waals surface area contributed by atoms with Gasteiger partial charge in [0.2, 0.25) is 0 Å². The summed E-state index contributed by atoms with van der Waals surface area (Å²) in [5, 5.41) is 5.66. The number of aryl methyl sites for hydroxylation is 2. The summed E-state index contributed by atoms with van der Waals surface area (Å²) in [4.78, 5) is 4.95. The minimum Gasteiger partial charge on any atom is -0.313 e. The van der Waals surface area contributed by atoms with Gasteiger partial charge in [-0.25, -0.2) is 0 Å². The first-order valence-corrected chi connectivity index (χ1v) is 8.40. The number of fused-ring (bicyclic) bond motifs is 2. The minimum absolute atomic E-state index is 0.818. The van der Waals surface area contributed by atoms with Crippen molar-refractivity contribution in [3.63, 3.8) is 0 Å². The van der Waals surface area contributed by atoms with E-state index < -0.39 is 0 Å². The number of nitrogens with zero attached hydrogens (tertiary/aromatic N) is 1. The largest absolute Gasteiger partial charge is 0.313 e. The Kier molecular flexibility index (Phi) is 4.46. The van der Waals surface area contributed by atoms with Crippen LogP contribution in [0.4, 0.5) is 0 Å². The standard InChI is InChI=1S/C18H23ClN2/c1-3-10-20-11-15-13-6-4-5-7-17(13)21-18-12(2)16(19)9-8-14(15)18/h8-9,20H,3-7,10-11H2,1-2H3. The molecule has 0 atom stereocenters. The summed E-state index contributed by atoms with van der Waals surface area (Å²) in [6.07, 6.45) is 5.98. The van der Waals surface area contributed by atoms with E-state index in [1.165, 1.54) is 41.5 Å². The van der Waals surface area contributed by atoms with Gasteiger partial charge in [0.15, 0.2) is 0 Å². The lowest BCUT2D eigenvalue weighted by Crippen LogP contribution is -2.18. The first-order chi connectivity index (χ1) is 10.2. The van der Waals surface area contributed by atoms with E-state index in [0.717, 1.165) is 42.0 Å². The normalized spacial score (nSPS) is 14.4. The van der Waals surface area contributed by atoms with E-state index in [1.54, 1.807) is 0 Å². The smallest absolute Gasteiger partial charge is 0.0752 e. The van der Waals surface area contributed by atoms with Gasteiger partial charge in [0.05, 0.1) is 5.52 Å². The molecule has 1 aromatic carbocycles. The Balaban J connectivity index is 2.17. The summed E-state index contributed by atoms with van der Waals surface area (Å²) < 4.78 is 0. The van der Waals surface area contributed by atoms with Crippen LogP contribution in [-0.4, -0.2) is 11.5 Å². The molecule has 3 rings (SSSR count). The highest BCUT2D eigenvalue weighted by atomic mass is 35.5. The van der Waals surface area contributed by atoms with Crippen molar-refractivity contribution in [2.24, 2.45) is 0 Å². The molecule has 1 aliphatic carbocycles. The predicted octanol–water partition coefficient (Wildman–Crippen LogP) is 4.58. The second kappa shape index (κ2) is 6.33. The number of benzene rings is 1. The molecule has 21 heavy (non-hydrogen) atoms. The summed E-state index contributed by atoms with van der Waals surface area (Å²) in [6, 6.07) is 4.16. The molecule has 3 heteroatoms. The molecule has 0 aliphatic heterocycles. The van der Waals surface area contributed by atoms with Crippen molar-refractivity contribution >= 4 is 22.5 Å². The number of rotatable bonds is 4. The second-order valence-electron chi connectivity index (χ2n) is 5.97. The van der Waals surface area contributed by atoms with Crippen molar-refractivity contribution in [2.75, 3.05) is 6.54 Å². The molecule has 0 bridgehead atoms. The molecule has 1 heterocycles. The predicted molar refractivity (Wildman–Crippen MR) is 90.1 cm³/mol. The Morgan fingerprint density at radius 1 is 1.24 bits per heavy atom. The van der Waals surface area contributed by atoms with Crippen molar-refractivity contribution < 1.29 is 0 Å². The second-order valence-corrected chi connectivity index (χ2v) is 6.38. The molecule has 2 nitrogen and oxygen atoms in total. The lowest BCUT2D eigenvalue weighted by atomic mass is 9.89. The van der Waals surface area contributed by atoms with E-state index in [4.69, 9.17) is 16.6 Å². The summed E-state index contributed by atoms with van der Waals surface area (Å²) in [5.74, 6) is 0. The van der Waals surface area contributed by atoms with E-state index in [-0.39, 0.29) is 0 Å². The highest BCUT2D eigenvalue weighted by Crippen LogP contribution is 2.32. The fourth-order valence-electron chi connectivity index (χ4n) is 3.29. The zero-order valence-corrected chi connectivity index (χ0v) is 13.7. The SMILES string of the molecule is CCCNCc1c2c(nc3c(C)c(Cl)ccc13)CCCC2. The highest BCUT2D eigenvalue weighted by molar-refractivity contribution is 6.32. The Morgan fingerprint density at radius 2 is 2.05 bits per heavy atom. The Hall–Kier alpha value is -1.12. The average molecular weight is 303 g/mol. The van der Waals surface area contributed by atoms with Crippen molar-refractivity contribution in [3.8, 4) is 0 Å². The molecule has 0 saturated carbocycles. The summed E-state index contributed by atoms with van der Waals surface area (Å²) in [6.45, 7) is 6.29. The van der Waals surface area contributed by atoms with Crippen LogP contribution in [0.25, 0.3) is 10.9 Å². The van der Waals surface area contributed by atoms with Crippen LogP contribution in [0.1, 0.15) is 48.6 Å². The van der Waals surface area contributed by atoms with E-state index in [2.05, 4.69) is 25.2 Å². The van der Waals surface area contributed by atoms with Crippen molar-refractivity contribution in [3.05, 3.63) is 39.5 Å². The van der Waals surface area contributed by atoms with Crippen LogP contribution in [0.3, 0.4) is 0 Å². The Morgan fingerprint density at radius 3 is 2.86 bits per heavy atom. The van der Waals surface area contributed by atoms with E-state index in [0.29, 0.717) is 0 Å². The van der Waals surface area contributed by atoms with E-state index in [9.17, 15) is 0 Å². The number of nitrogens with one attached hydrogen (secondary N) is 1. The molecule has 112 valence electrons. The van der Waals surface area contributed by atoms with Crippen molar-refractivity contribution in [1.29, 1.82) is 0 Å². The molecular formula is C18H23ClN2. The van der Waals surface area contributed by atoms with Gasteiger partial charge in [0.25, 0.3) is 0 Å². The molecule has 0 radical (unpaired) electrons. The Labute approximate surface area is 131 Å². The fraction of sp³-hybridized carbons (Fsp3) is 0.500. The average Bonchev–Trinajstić information content (AvgIpc) is 2.51. The third-order valence-electron chi connectivity index (χ3n) is 4.47. The number of aromatic nitrogens is 1. The minimum atomic E-state index is 0.818. The van der Waals surface area contributed by atoms with Crippen LogP contribution in [-0.2, 0) is 19.4 Å². The molecule has 0 spiro atoms. The molecule has 1 aliphatic rings. The maximum atomic E-state index is 6.29. The highest BCUT2D eigenvalue weighted by Gasteiger charge is 2.19. The molecule has 0 unspecified atom stereocenters. The van der Waals surface area contributed by atoms with Crippen LogP contribution in [0.15, 0.2) is 12.1 Å². The lowest BCUT2D eigenvalue weighted by Gasteiger charge is -2.22. The molecule has 1 aromatic heterocycles. The number of halogens is 1. The van der Waals surface area contributed by atoms with Crippen LogP contribution < -0.4 is 5.32 Å². The maximum absolute atomic E-state index is 6.29. The molecule has 2 aromatic rings. The van der Waals surface area contributed by atoms with E-state index >= 15 is 0 Å². The van der Waals surface area contributed by atoms with Gasteiger partial charge in [-0.15, -0.1) is 0 Å². The number of pyridine rings is 1. The van der Waals surface area contributed by atoms with Crippen LogP contribution >= 0.6 is 11.6 Å². The quantitative estimate of drug-likeness (QED) is 0.837. The van der Waals surface area contributed by atoms with Crippen molar-refractivity contribution in [2.45, 2.75) is 52.5 Å². The zero-order valence-electron chi connectivity index (χ0n) is 12.9. The monoisotopic (exact) mass is 302 g/mol. The summed E-state index contributed by atoms with van der Waals surface area (Å²) in [5.41, 5.74) is 6.44. The molecule has 1 N–H and O–H groups in total. The topological polar surface area (TPSA) is 24.9 Å². The van der Waals surface area contributed by atoms with Gasteiger partial charge >= 0.3 is 0 Å². The summed E-state index contributed by atoms with van der Waals surface area (Å²) in [7, 11) is 0. The van der Waals surface area contributed by atoms with Crippen molar-refractivity contribution in [1.82, 2.24) is 10.3 Å². The number of hydrogen-bond donors (Lipinski definition) is 1. The Bertz CT molecular complexity index is 664. The fourth-order valence-corrected chi connectivity index (χ4v) is 3.44. The van der Waals surface area contributed by atoms with Gasteiger partial charge in [0.1, 0.15) is 0 Å². The molecular weight excluding hydrogens is 280 g/mol. The van der Waals surface area contributed by atoms with Crippen LogP contribution in [0.2, 0.25) is 5.02 Å². The summed E-state index contributed by atoms with van der Waals surface area (Å²) >= 11 is 6.29. The lowest BCUT2D eigenvalue weighted by molar-refractivity contribution is 0.640. The van der Waals surface area contributed by atoms with Gasteiger partial charge in [0, 0.05) is 22.6 Å². The zero-order chi connectivity index (χ0) is 14.8. The van der Waals surface area contributed by atoms with E-state index in [1.807, 2.05) is 6.07 Å². The third-order valence-corrected chi connectivity index (χ3v) is 4.88. The van der Waals surface area contributed by atoms with Gasteiger partial charge in [-0.2, -0.15) is 0 Å². The van der Waals surface area contributed by atoms with Gasteiger partial charge in [-0.05, 0) is 68.3 Å². The van der Waals surface area contributed by atoms with Gasteiger partial charge in [-0.3, -0.25) is 4.98 Å². The molecule has 0 fully saturated rings. The maximum Gasteiger partial charge on any atom is 0.0752 e. The third kappa shape index (κ3) is 2.79. The first-order valence-electron chi connectivity index (χ1n) is 8.02. The van der Waals surface area contributed by atoms with Crippen LogP contribution in [0.5, 0.6) is 0 Å². The molecule has 0 saturated heterocycles. The molecule has 0 amide bonds. The first kappa shape index (κ1) is 14.8. The van der Waals surface area contributed by atoms with Gasteiger partial charge in [-0.1, -0.05) is 24.6 Å². The van der Waals surface area contributed by atoms with Crippen LogP contribution in [0, 0.1) is 6.92 Å². The van der Waals surface area contributed by atoms with Gasteiger partial charge < -0.3 is 5.32 Å².